The van der Waals surface area contributed by atoms with Crippen LogP contribution in [0.25, 0.3) is 0 Å². The zero-order valence-electron chi connectivity index (χ0n) is 10.4. The smallest absolute Gasteiger partial charge is 0.0717 e. The van der Waals surface area contributed by atoms with E-state index in [0.717, 1.165) is 21.7 Å². The summed E-state index contributed by atoms with van der Waals surface area (Å²) in [5, 5.41) is 4.02. The summed E-state index contributed by atoms with van der Waals surface area (Å²) >= 11 is 9.23. The van der Waals surface area contributed by atoms with Crippen LogP contribution in [-0.4, -0.2) is 13.2 Å². The average molecular weight is 341 g/mol. The quantitative estimate of drug-likeness (QED) is 0.768. The lowest BCUT2D eigenvalue weighted by Crippen LogP contribution is -2.09. The third-order valence-electron chi connectivity index (χ3n) is 2.60. The molecule has 0 aliphatic carbocycles. The maximum atomic E-state index is 5.82. The van der Waals surface area contributed by atoms with Gasteiger partial charge in [0, 0.05) is 21.7 Å². The molecule has 0 radical (unpaired) electrons. The Labute approximate surface area is 126 Å². The Hall–Kier alpha value is -1.03. The van der Waals surface area contributed by atoms with Crippen molar-refractivity contribution in [1.29, 1.82) is 0 Å². The first kappa shape index (κ1) is 14.4. The van der Waals surface area contributed by atoms with E-state index in [-0.39, 0.29) is 0 Å². The molecule has 0 saturated carbocycles. The summed E-state index contributed by atoms with van der Waals surface area (Å²) < 4.78 is 6.69. The first-order chi connectivity index (χ1) is 9.24. The lowest BCUT2D eigenvalue weighted by atomic mass is 10.2. The summed E-state index contributed by atoms with van der Waals surface area (Å²) in [5.74, 6) is 0. The maximum absolute atomic E-state index is 5.82. The number of nitrogens with one attached hydrogen (secondary N) is 1. The molecular weight excluding hydrogens is 326 g/mol. The average Bonchev–Trinajstić information content (AvgIpc) is 2.43. The van der Waals surface area contributed by atoms with E-state index in [1.165, 1.54) is 5.56 Å². The lowest BCUT2D eigenvalue weighted by molar-refractivity contribution is 0.130. The Morgan fingerprint density at radius 3 is 2.37 bits per heavy atom. The van der Waals surface area contributed by atoms with Gasteiger partial charge in [0.15, 0.2) is 0 Å². The fraction of sp³-hybridized carbons (Fsp3) is 0.200. The molecule has 2 rings (SSSR count). The molecule has 0 amide bonds. The van der Waals surface area contributed by atoms with Crippen molar-refractivity contribution in [3.8, 4) is 0 Å². The Bertz CT molecular complexity index is 451. The second kappa shape index (κ2) is 7.53. The van der Waals surface area contributed by atoms with Crippen LogP contribution in [0.1, 0.15) is 5.56 Å². The molecule has 4 heteroatoms. The van der Waals surface area contributed by atoms with Gasteiger partial charge in [-0.25, -0.2) is 0 Å². The summed E-state index contributed by atoms with van der Waals surface area (Å²) in [6.45, 7) is 2.08. The number of anilines is 1. The number of benzene rings is 2. The molecule has 0 heterocycles. The van der Waals surface area contributed by atoms with Gasteiger partial charge >= 0.3 is 0 Å². The van der Waals surface area contributed by atoms with E-state index in [1.54, 1.807) is 0 Å². The molecule has 0 aliphatic rings. The van der Waals surface area contributed by atoms with Gasteiger partial charge in [-0.05, 0) is 42.0 Å². The van der Waals surface area contributed by atoms with Crippen molar-refractivity contribution < 1.29 is 4.74 Å². The second-order valence-electron chi connectivity index (χ2n) is 4.11. The molecule has 19 heavy (non-hydrogen) atoms. The van der Waals surface area contributed by atoms with Crippen molar-refractivity contribution in [3.63, 3.8) is 0 Å². The highest BCUT2D eigenvalue weighted by atomic mass is 79.9. The van der Waals surface area contributed by atoms with Crippen LogP contribution in [0.15, 0.2) is 53.0 Å². The van der Waals surface area contributed by atoms with Gasteiger partial charge in [-0.2, -0.15) is 0 Å². The summed E-state index contributed by atoms with van der Waals surface area (Å²) in [5.41, 5.74) is 2.23. The molecule has 2 nitrogen and oxygen atoms in total. The highest BCUT2D eigenvalue weighted by Crippen LogP contribution is 2.13. The Morgan fingerprint density at radius 2 is 1.68 bits per heavy atom. The molecule has 100 valence electrons. The molecule has 0 bridgehead atoms. The molecule has 2 aromatic carbocycles. The minimum Gasteiger partial charge on any atom is -0.383 e. The molecule has 0 saturated heterocycles. The van der Waals surface area contributed by atoms with Gasteiger partial charge in [0.1, 0.15) is 0 Å². The van der Waals surface area contributed by atoms with Gasteiger partial charge in [0.25, 0.3) is 0 Å². The first-order valence-corrected chi connectivity index (χ1v) is 7.23. The number of rotatable bonds is 6. The number of hydrogen-bond donors (Lipinski definition) is 1. The van der Waals surface area contributed by atoms with Crippen molar-refractivity contribution in [2.24, 2.45) is 0 Å². The van der Waals surface area contributed by atoms with Crippen LogP contribution in [-0.2, 0) is 11.3 Å². The largest absolute Gasteiger partial charge is 0.383 e. The van der Waals surface area contributed by atoms with E-state index in [1.807, 2.05) is 36.4 Å². The molecule has 1 N–H and O–H groups in total. The van der Waals surface area contributed by atoms with E-state index in [4.69, 9.17) is 16.3 Å². The monoisotopic (exact) mass is 339 g/mol. The van der Waals surface area contributed by atoms with Crippen LogP contribution in [0.2, 0.25) is 5.02 Å². The first-order valence-electron chi connectivity index (χ1n) is 6.06. The van der Waals surface area contributed by atoms with Crippen LogP contribution in [0.3, 0.4) is 0 Å². The number of halogens is 2. The summed E-state index contributed by atoms with van der Waals surface area (Å²) in [6.07, 6.45) is 0. The predicted molar refractivity (Wildman–Crippen MR) is 83.7 cm³/mol. The third kappa shape index (κ3) is 5.23. The van der Waals surface area contributed by atoms with E-state index >= 15 is 0 Å². The zero-order chi connectivity index (χ0) is 13.5. The van der Waals surface area contributed by atoms with Gasteiger partial charge in [-0.15, -0.1) is 0 Å². The van der Waals surface area contributed by atoms with Gasteiger partial charge < -0.3 is 10.1 Å². The van der Waals surface area contributed by atoms with Crippen molar-refractivity contribution >= 4 is 33.2 Å². The van der Waals surface area contributed by atoms with Crippen LogP contribution >= 0.6 is 27.5 Å². The normalized spacial score (nSPS) is 10.4. The summed E-state index contributed by atoms with van der Waals surface area (Å²) in [4.78, 5) is 0. The van der Waals surface area contributed by atoms with E-state index in [0.29, 0.717) is 13.2 Å². The molecule has 0 aromatic heterocycles. The van der Waals surface area contributed by atoms with Crippen molar-refractivity contribution in [3.05, 3.63) is 63.6 Å². The number of ether oxygens (including phenoxy) is 1. The minimum atomic E-state index is 0.635. The standard InChI is InChI=1S/C15H15BrClNO/c16-13-3-1-12(2-4-13)11-19-10-9-18-15-7-5-14(17)6-8-15/h1-8,18H,9-11H2. The Kier molecular flexibility index (Phi) is 5.70. The van der Waals surface area contributed by atoms with Gasteiger partial charge in [-0.1, -0.05) is 39.7 Å². The SMILES string of the molecule is Clc1ccc(NCCOCc2ccc(Br)cc2)cc1. The van der Waals surface area contributed by atoms with Crippen molar-refractivity contribution in [2.45, 2.75) is 6.61 Å². The lowest BCUT2D eigenvalue weighted by Gasteiger charge is -2.07. The Balaban J connectivity index is 1.64. The van der Waals surface area contributed by atoms with Crippen molar-refractivity contribution in [2.75, 3.05) is 18.5 Å². The molecule has 0 unspecified atom stereocenters. The van der Waals surface area contributed by atoms with Crippen LogP contribution in [0, 0.1) is 0 Å². The number of hydrogen-bond acceptors (Lipinski definition) is 2. The molecular formula is C15H15BrClNO. The molecule has 0 fully saturated rings. The predicted octanol–water partition coefficient (Wildman–Crippen LogP) is 4.73. The van der Waals surface area contributed by atoms with Crippen molar-refractivity contribution in [1.82, 2.24) is 0 Å². The van der Waals surface area contributed by atoms with E-state index in [2.05, 4.69) is 33.4 Å². The zero-order valence-corrected chi connectivity index (χ0v) is 12.7. The van der Waals surface area contributed by atoms with Crippen LogP contribution < -0.4 is 5.32 Å². The van der Waals surface area contributed by atoms with E-state index in [9.17, 15) is 0 Å². The van der Waals surface area contributed by atoms with Crippen LogP contribution in [0.5, 0.6) is 0 Å². The summed E-state index contributed by atoms with van der Waals surface area (Å²) in [7, 11) is 0. The highest BCUT2D eigenvalue weighted by molar-refractivity contribution is 9.10. The molecule has 0 atom stereocenters. The van der Waals surface area contributed by atoms with Crippen LogP contribution in [0.4, 0.5) is 5.69 Å². The fourth-order valence-corrected chi connectivity index (χ4v) is 2.00. The van der Waals surface area contributed by atoms with Gasteiger partial charge in [0.2, 0.25) is 0 Å². The topological polar surface area (TPSA) is 21.3 Å². The third-order valence-corrected chi connectivity index (χ3v) is 3.38. The Morgan fingerprint density at radius 1 is 1.00 bits per heavy atom. The highest BCUT2D eigenvalue weighted by Gasteiger charge is 1.95. The fourth-order valence-electron chi connectivity index (χ4n) is 1.61. The molecule has 0 spiro atoms. The summed E-state index contributed by atoms with van der Waals surface area (Å²) in [6, 6.07) is 15.8. The van der Waals surface area contributed by atoms with Gasteiger partial charge in [0.05, 0.1) is 13.2 Å². The molecule has 0 aliphatic heterocycles. The molecule has 2 aromatic rings. The minimum absolute atomic E-state index is 0.635. The second-order valence-corrected chi connectivity index (χ2v) is 5.46. The van der Waals surface area contributed by atoms with E-state index < -0.39 is 0 Å². The maximum Gasteiger partial charge on any atom is 0.0717 e. The van der Waals surface area contributed by atoms with Gasteiger partial charge in [-0.3, -0.25) is 0 Å².